The second-order valence-electron chi connectivity index (χ2n) is 5.94. The first kappa shape index (κ1) is 15.5. The van der Waals surface area contributed by atoms with Crippen molar-refractivity contribution in [2.24, 2.45) is 0 Å². The van der Waals surface area contributed by atoms with Gasteiger partial charge >= 0.3 is 0 Å². The fourth-order valence-electron chi connectivity index (χ4n) is 2.94. The Morgan fingerprint density at radius 3 is 2.75 bits per heavy atom. The van der Waals surface area contributed by atoms with Crippen LogP contribution in [0, 0.1) is 13.8 Å². The number of halogens is 1. The summed E-state index contributed by atoms with van der Waals surface area (Å²) in [5, 5.41) is 11.5. The van der Waals surface area contributed by atoms with Crippen LogP contribution in [0.3, 0.4) is 0 Å². The number of rotatable bonds is 3. The van der Waals surface area contributed by atoms with Gasteiger partial charge in [-0.15, -0.1) is 10.2 Å². The predicted octanol–water partition coefficient (Wildman–Crippen LogP) is 5.45. The number of benzene rings is 2. The SMILES string of the molecule is Cc1cccc(CSc2nnc3cc(C)c4cc(Cl)ccc4n23)c1. The van der Waals surface area contributed by atoms with E-state index in [0.29, 0.717) is 0 Å². The zero-order chi connectivity index (χ0) is 16.7. The molecule has 2 heterocycles. The van der Waals surface area contributed by atoms with Crippen molar-refractivity contribution in [2.75, 3.05) is 0 Å². The Bertz CT molecular complexity index is 1060. The highest BCUT2D eigenvalue weighted by molar-refractivity contribution is 7.98. The standard InChI is InChI=1S/C19H16ClN3S/c1-12-4-3-5-14(8-12)11-24-19-22-21-18-9-13(2)16-10-15(20)6-7-17(16)23(18)19/h3-10H,11H2,1-2H3. The van der Waals surface area contributed by atoms with Gasteiger partial charge < -0.3 is 0 Å². The average Bonchev–Trinajstić information content (AvgIpc) is 2.96. The number of fused-ring (bicyclic) bond motifs is 3. The predicted molar refractivity (Wildman–Crippen MR) is 101 cm³/mol. The number of aryl methyl sites for hydroxylation is 2. The van der Waals surface area contributed by atoms with Crippen LogP contribution >= 0.6 is 23.4 Å². The maximum absolute atomic E-state index is 6.17. The molecule has 0 N–H and O–H groups in total. The summed E-state index contributed by atoms with van der Waals surface area (Å²) in [6.45, 7) is 4.19. The van der Waals surface area contributed by atoms with Gasteiger partial charge in [-0.25, -0.2) is 0 Å². The highest BCUT2D eigenvalue weighted by Gasteiger charge is 2.12. The molecule has 0 radical (unpaired) electrons. The molecule has 0 spiro atoms. The Kier molecular flexibility index (Phi) is 3.94. The molecular formula is C19H16ClN3S. The third-order valence-corrected chi connectivity index (χ3v) is 5.31. The molecule has 0 aliphatic heterocycles. The molecule has 2 aromatic carbocycles. The molecule has 0 aliphatic rings. The minimum absolute atomic E-state index is 0.743. The topological polar surface area (TPSA) is 30.2 Å². The first-order chi connectivity index (χ1) is 11.6. The van der Waals surface area contributed by atoms with Crippen LogP contribution in [0.25, 0.3) is 16.6 Å². The van der Waals surface area contributed by atoms with E-state index in [1.807, 2.05) is 18.2 Å². The fraction of sp³-hybridized carbons (Fsp3) is 0.158. The summed E-state index contributed by atoms with van der Waals surface area (Å²) < 4.78 is 2.11. The van der Waals surface area contributed by atoms with Crippen molar-refractivity contribution < 1.29 is 0 Å². The van der Waals surface area contributed by atoms with Crippen molar-refractivity contribution in [3.63, 3.8) is 0 Å². The number of thioether (sulfide) groups is 1. The third kappa shape index (κ3) is 2.76. The normalized spacial score (nSPS) is 11.5. The van der Waals surface area contributed by atoms with Gasteiger partial charge in [0, 0.05) is 16.2 Å². The molecule has 120 valence electrons. The molecule has 0 saturated carbocycles. The minimum atomic E-state index is 0.743. The zero-order valence-electron chi connectivity index (χ0n) is 13.5. The van der Waals surface area contributed by atoms with Gasteiger partial charge in [0.1, 0.15) is 0 Å². The molecule has 0 unspecified atom stereocenters. The van der Waals surface area contributed by atoms with Crippen molar-refractivity contribution in [3.05, 3.63) is 70.2 Å². The Morgan fingerprint density at radius 1 is 1.04 bits per heavy atom. The smallest absolute Gasteiger partial charge is 0.196 e. The molecule has 5 heteroatoms. The average molecular weight is 354 g/mol. The van der Waals surface area contributed by atoms with Gasteiger partial charge in [0.05, 0.1) is 5.52 Å². The van der Waals surface area contributed by atoms with E-state index in [1.165, 1.54) is 11.1 Å². The maximum atomic E-state index is 6.17. The molecule has 0 bridgehead atoms. The summed E-state index contributed by atoms with van der Waals surface area (Å²) in [5.41, 5.74) is 5.67. The van der Waals surface area contributed by atoms with E-state index >= 15 is 0 Å². The van der Waals surface area contributed by atoms with Crippen LogP contribution in [0.1, 0.15) is 16.7 Å². The molecule has 0 aliphatic carbocycles. The molecule has 0 fully saturated rings. The van der Waals surface area contributed by atoms with Crippen molar-refractivity contribution in [1.29, 1.82) is 0 Å². The molecule has 2 aromatic heterocycles. The van der Waals surface area contributed by atoms with Gasteiger partial charge in [0.15, 0.2) is 10.8 Å². The van der Waals surface area contributed by atoms with Crippen LogP contribution in [0.2, 0.25) is 5.02 Å². The van der Waals surface area contributed by atoms with Crippen molar-refractivity contribution in [3.8, 4) is 0 Å². The minimum Gasteiger partial charge on any atom is -0.270 e. The van der Waals surface area contributed by atoms with Crippen LogP contribution in [-0.4, -0.2) is 14.6 Å². The largest absolute Gasteiger partial charge is 0.270 e. The number of aromatic nitrogens is 3. The molecule has 4 rings (SSSR count). The molecule has 0 atom stereocenters. The quantitative estimate of drug-likeness (QED) is 0.459. The van der Waals surface area contributed by atoms with Gasteiger partial charge in [0.2, 0.25) is 0 Å². The first-order valence-corrected chi connectivity index (χ1v) is 9.10. The Labute approximate surface area is 149 Å². The van der Waals surface area contributed by atoms with Crippen LogP contribution in [0.5, 0.6) is 0 Å². The van der Waals surface area contributed by atoms with Gasteiger partial charge in [-0.1, -0.05) is 53.2 Å². The zero-order valence-corrected chi connectivity index (χ0v) is 15.0. The summed E-state index contributed by atoms with van der Waals surface area (Å²) in [6, 6.07) is 16.6. The van der Waals surface area contributed by atoms with E-state index in [-0.39, 0.29) is 0 Å². The molecular weight excluding hydrogens is 338 g/mol. The lowest BCUT2D eigenvalue weighted by Gasteiger charge is -2.08. The first-order valence-electron chi connectivity index (χ1n) is 7.74. The summed E-state index contributed by atoms with van der Waals surface area (Å²) in [4.78, 5) is 0. The van der Waals surface area contributed by atoms with Crippen LogP contribution in [0.15, 0.2) is 53.7 Å². The molecule has 0 saturated heterocycles. The number of nitrogens with zero attached hydrogens (tertiary/aromatic N) is 3. The van der Waals surface area contributed by atoms with Crippen molar-refractivity contribution in [2.45, 2.75) is 24.8 Å². The van der Waals surface area contributed by atoms with Gasteiger partial charge in [0.25, 0.3) is 0 Å². The van der Waals surface area contributed by atoms with E-state index in [4.69, 9.17) is 11.6 Å². The maximum Gasteiger partial charge on any atom is 0.196 e. The molecule has 0 amide bonds. The summed E-state index contributed by atoms with van der Waals surface area (Å²) in [5.74, 6) is 0.867. The van der Waals surface area contributed by atoms with E-state index in [2.05, 4.69) is 58.8 Å². The van der Waals surface area contributed by atoms with Crippen molar-refractivity contribution >= 4 is 39.9 Å². The Balaban J connectivity index is 1.79. The number of hydrogen-bond acceptors (Lipinski definition) is 3. The van der Waals surface area contributed by atoms with E-state index < -0.39 is 0 Å². The summed E-state index contributed by atoms with van der Waals surface area (Å²) in [7, 11) is 0. The highest BCUT2D eigenvalue weighted by atomic mass is 35.5. The second kappa shape index (κ2) is 6.11. The third-order valence-electron chi connectivity index (χ3n) is 4.08. The summed E-state index contributed by atoms with van der Waals surface area (Å²) in [6.07, 6.45) is 0. The van der Waals surface area contributed by atoms with Crippen LogP contribution < -0.4 is 0 Å². The summed E-state index contributed by atoms with van der Waals surface area (Å²) >= 11 is 7.87. The number of pyridine rings is 1. The lowest BCUT2D eigenvalue weighted by molar-refractivity contribution is 0.939. The lowest BCUT2D eigenvalue weighted by Crippen LogP contribution is -1.93. The fourth-order valence-corrected chi connectivity index (χ4v) is 4.00. The van der Waals surface area contributed by atoms with E-state index in [0.717, 1.165) is 38.0 Å². The van der Waals surface area contributed by atoms with Gasteiger partial charge in [-0.3, -0.25) is 4.40 Å². The Morgan fingerprint density at radius 2 is 1.92 bits per heavy atom. The van der Waals surface area contributed by atoms with Gasteiger partial charge in [-0.05, 0) is 49.2 Å². The lowest BCUT2D eigenvalue weighted by atomic mass is 10.1. The highest BCUT2D eigenvalue weighted by Crippen LogP contribution is 2.29. The second-order valence-corrected chi connectivity index (χ2v) is 7.32. The van der Waals surface area contributed by atoms with Crippen molar-refractivity contribution in [1.82, 2.24) is 14.6 Å². The number of hydrogen-bond donors (Lipinski definition) is 0. The van der Waals surface area contributed by atoms with Crippen LogP contribution in [-0.2, 0) is 5.75 Å². The Hall–Kier alpha value is -2.04. The van der Waals surface area contributed by atoms with Gasteiger partial charge in [-0.2, -0.15) is 0 Å². The monoisotopic (exact) mass is 353 g/mol. The molecule has 24 heavy (non-hydrogen) atoms. The molecule has 4 aromatic rings. The van der Waals surface area contributed by atoms with E-state index in [9.17, 15) is 0 Å². The van der Waals surface area contributed by atoms with E-state index in [1.54, 1.807) is 11.8 Å². The van der Waals surface area contributed by atoms with Crippen LogP contribution in [0.4, 0.5) is 0 Å². The molecule has 3 nitrogen and oxygen atoms in total.